The monoisotopic (exact) mass is 495 g/mol. The minimum atomic E-state index is -3.83. The largest absolute Gasteiger partial charge is 0.264 e. The van der Waals surface area contributed by atoms with E-state index in [0.717, 1.165) is 37.6 Å². The Morgan fingerprint density at radius 3 is 1.94 bits per heavy atom. The molecule has 35 heavy (non-hydrogen) atoms. The van der Waals surface area contributed by atoms with Crippen LogP contribution in [0.4, 0.5) is 5.69 Å². The van der Waals surface area contributed by atoms with Crippen LogP contribution in [0.2, 0.25) is 0 Å². The third-order valence-electron chi connectivity index (χ3n) is 6.16. The number of hydrogen-bond donors (Lipinski definition) is 0. The van der Waals surface area contributed by atoms with Gasteiger partial charge in [0.05, 0.1) is 17.1 Å². The highest BCUT2D eigenvalue weighted by Crippen LogP contribution is 2.46. The molecule has 0 saturated heterocycles. The summed E-state index contributed by atoms with van der Waals surface area (Å²) >= 11 is 1.66. The van der Waals surface area contributed by atoms with Gasteiger partial charge in [-0.15, -0.1) is 18.3 Å². The summed E-state index contributed by atoms with van der Waals surface area (Å²) in [5.41, 5.74) is 2.59. The van der Waals surface area contributed by atoms with Crippen molar-refractivity contribution in [3.8, 4) is 11.1 Å². The van der Waals surface area contributed by atoms with Crippen molar-refractivity contribution in [3.63, 3.8) is 0 Å². The zero-order chi connectivity index (χ0) is 24.4. The standard InChI is InChI=1S/C30H25NO2S2/c1-3-21-31(35(32,33)24-13-5-4-6-14-24)27-19-17-22-11-7-9-15-25(22)29(27)30-26-16-10-8-12-23(26)18-20-28(30)34-2/h3-20H,1,21H2,2H3. The van der Waals surface area contributed by atoms with Crippen LogP contribution in [0.5, 0.6) is 0 Å². The molecule has 0 bridgehead atoms. The number of fused-ring (bicyclic) bond motifs is 2. The van der Waals surface area contributed by atoms with Crippen LogP contribution < -0.4 is 4.31 Å². The zero-order valence-corrected chi connectivity index (χ0v) is 21.0. The third kappa shape index (κ3) is 4.11. The average molecular weight is 496 g/mol. The van der Waals surface area contributed by atoms with E-state index in [-0.39, 0.29) is 11.4 Å². The number of nitrogens with zero attached hydrogens (tertiary/aromatic N) is 1. The highest BCUT2D eigenvalue weighted by atomic mass is 32.2. The Kier molecular flexibility index (Phi) is 6.37. The van der Waals surface area contributed by atoms with Crippen LogP contribution in [0, 0.1) is 0 Å². The van der Waals surface area contributed by atoms with Crippen LogP contribution in [0.25, 0.3) is 32.7 Å². The summed E-state index contributed by atoms with van der Waals surface area (Å²) < 4.78 is 29.3. The maximum atomic E-state index is 13.9. The lowest BCUT2D eigenvalue weighted by Gasteiger charge is -2.28. The highest BCUT2D eigenvalue weighted by molar-refractivity contribution is 7.98. The Morgan fingerprint density at radius 1 is 0.743 bits per heavy atom. The average Bonchev–Trinajstić information content (AvgIpc) is 2.91. The maximum Gasteiger partial charge on any atom is 0.264 e. The molecule has 0 atom stereocenters. The quantitative estimate of drug-likeness (QED) is 0.171. The Bertz CT molecular complexity index is 1640. The maximum absolute atomic E-state index is 13.9. The fourth-order valence-electron chi connectivity index (χ4n) is 4.57. The molecule has 0 heterocycles. The van der Waals surface area contributed by atoms with E-state index in [0.29, 0.717) is 5.69 Å². The van der Waals surface area contributed by atoms with E-state index in [9.17, 15) is 8.42 Å². The van der Waals surface area contributed by atoms with Crippen molar-refractivity contribution in [3.05, 3.63) is 116 Å². The molecular formula is C30H25NO2S2. The number of benzene rings is 5. The molecule has 0 unspecified atom stereocenters. The molecule has 3 nitrogen and oxygen atoms in total. The molecule has 0 aliphatic carbocycles. The second kappa shape index (κ2) is 9.61. The molecule has 0 aliphatic heterocycles. The van der Waals surface area contributed by atoms with Gasteiger partial charge in [-0.2, -0.15) is 0 Å². The van der Waals surface area contributed by atoms with Gasteiger partial charge < -0.3 is 0 Å². The van der Waals surface area contributed by atoms with E-state index in [1.807, 2.05) is 42.5 Å². The van der Waals surface area contributed by atoms with Gasteiger partial charge in [0.2, 0.25) is 0 Å². The van der Waals surface area contributed by atoms with Gasteiger partial charge in [0.15, 0.2) is 0 Å². The van der Waals surface area contributed by atoms with Crippen LogP contribution in [-0.4, -0.2) is 21.2 Å². The van der Waals surface area contributed by atoms with Gasteiger partial charge in [0, 0.05) is 16.0 Å². The van der Waals surface area contributed by atoms with Crippen molar-refractivity contribution in [1.29, 1.82) is 0 Å². The minimum absolute atomic E-state index is 0.155. The fraction of sp³-hybridized carbons (Fsp3) is 0.0667. The molecule has 5 aromatic rings. The van der Waals surface area contributed by atoms with Gasteiger partial charge in [0.1, 0.15) is 0 Å². The molecule has 5 heteroatoms. The van der Waals surface area contributed by atoms with E-state index >= 15 is 0 Å². The second-order valence-corrected chi connectivity index (χ2v) is 10.9. The normalized spacial score (nSPS) is 11.6. The van der Waals surface area contributed by atoms with E-state index in [2.05, 4.69) is 49.2 Å². The molecule has 0 aliphatic rings. The van der Waals surface area contributed by atoms with Gasteiger partial charge in [-0.3, -0.25) is 4.31 Å². The molecule has 0 amide bonds. The van der Waals surface area contributed by atoms with Crippen LogP contribution >= 0.6 is 11.8 Å². The molecular weight excluding hydrogens is 470 g/mol. The van der Waals surface area contributed by atoms with E-state index in [1.54, 1.807) is 42.1 Å². The summed E-state index contributed by atoms with van der Waals surface area (Å²) in [5, 5.41) is 4.27. The van der Waals surface area contributed by atoms with Gasteiger partial charge in [-0.25, -0.2) is 8.42 Å². The van der Waals surface area contributed by atoms with Crippen molar-refractivity contribution in [2.75, 3.05) is 17.1 Å². The second-order valence-electron chi connectivity index (χ2n) is 8.18. The lowest BCUT2D eigenvalue weighted by atomic mass is 9.92. The van der Waals surface area contributed by atoms with Gasteiger partial charge in [-0.1, -0.05) is 84.9 Å². The Hall–Kier alpha value is -3.54. The molecule has 0 radical (unpaired) electrons. The summed E-state index contributed by atoms with van der Waals surface area (Å²) in [7, 11) is -3.83. The summed E-state index contributed by atoms with van der Waals surface area (Å²) in [5.74, 6) is 0. The van der Waals surface area contributed by atoms with Gasteiger partial charge in [0.25, 0.3) is 10.0 Å². The predicted octanol–water partition coefficient (Wildman–Crippen LogP) is 7.76. The van der Waals surface area contributed by atoms with Crippen LogP contribution in [0.1, 0.15) is 0 Å². The number of rotatable bonds is 7. The molecule has 5 rings (SSSR count). The van der Waals surface area contributed by atoms with Crippen LogP contribution in [-0.2, 0) is 10.0 Å². The topological polar surface area (TPSA) is 37.4 Å². The van der Waals surface area contributed by atoms with Crippen LogP contribution in [0.15, 0.2) is 126 Å². The summed E-state index contributed by atoms with van der Waals surface area (Å²) in [6.07, 6.45) is 3.69. The van der Waals surface area contributed by atoms with Gasteiger partial charge >= 0.3 is 0 Å². The summed E-state index contributed by atoms with van der Waals surface area (Å²) in [6.45, 7) is 4.03. The van der Waals surface area contributed by atoms with E-state index < -0.39 is 10.0 Å². The Balaban J connectivity index is 1.91. The first-order valence-electron chi connectivity index (χ1n) is 11.3. The van der Waals surface area contributed by atoms with Crippen molar-refractivity contribution in [2.45, 2.75) is 9.79 Å². The zero-order valence-electron chi connectivity index (χ0n) is 19.4. The number of anilines is 1. The fourth-order valence-corrected chi connectivity index (χ4v) is 6.66. The first kappa shape index (κ1) is 23.2. The molecule has 5 aromatic carbocycles. The third-order valence-corrected chi connectivity index (χ3v) is 8.74. The number of thioether (sulfide) groups is 1. The van der Waals surface area contributed by atoms with Crippen molar-refractivity contribution < 1.29 is 8.42 Å². The SMILES string of the molecule is C=CCN(c1ccc2ccccc2c1-c1c(SC)ccc2ccccc12)S(=O)(=O)c1ccccc1. The highest BCUT2D eigenvalue weighted by Gasteiger charge is 2.28. The van der Waals surface area contributed by atoms with Crippen molar-refractivity contribution >= 4 is 49.0 Å². The first-order valence-corrected chi connectivity index (χ1v) is 14.0. The molecule has 0 saturated carbocycles. The summed E-state index contributed by atoms with van der Waals surface area (Å²) in [4.78, 5) is 1.35. The molecule has 0 N–H and O–H groups in total. The summed E-state index contributed by atoms with van der Waals surface area (Å²) in [6, 6.07) is 33.2. The van der Waals surface area contributed by atoms with Crippen LogP contribution in [0.3, 0.4) is 0 Å². The van der Waals surface area contributed by atoms with E-state index in [1.165, 1.54) is 4.31 Å². The number of sulfonamides is 1. The Morgan fingerprint density at radius 2 is 1.31 bits per heavy atom. The molecule has 0 fully saturated rings. The molecule has 0 aromatic heterocycles. The lowest BCUT2D eigenvalue weighted by molar-refractivity contribution is 0.593. The van der Waals surface area contributed by atoms with Crippen molar-refractivity contribution in [2.24, 2.45) is 0 Å². The lowest BCUT2D eigenvalue weighted by Crippen LogP contribution is -2.31. The Labute approximate surface area is 210 Å². The number of hydrogen-bond acceptors (Lipinski definition) is 3. The molecule has 174 valence electrons. The molecule has 0 spiro atoms. The van der Waals surface area contributed by atoms with Crippen molar-refractivity contribution in [1.82, 2.24) is 0 Å². The smallest absolute Gasteiger partial charge is 0.262 e. The van der Waals surface area contributed by atoms with Gasteiger partial charge in [-0.05, 0) is 52.1 Å². The first-order chi connectivity index (χ1) is 17.1. The minimum Gasteiger partial charge on any atom is -0.262 e. The predicted molar refractivity (Wildman–Crippen MR) is 150 cm³/mol. The van der Waals surface area contributed by atoms with E-state index in [4.69, 9.17) is 0 Å².